The van der Waals surface area contributed by atoms with Crippen molar-refractivity contribution in [3.05, 3.63) is 33.6 Å². The molecule has 25 heavy (non-hydrogen) atoms. The van der Waals surface area contributed by atoms with Gasteiger partial charge in [-0.1, -0.05) is 0 Å². The lowest BCUT2D eigenvalue weighted by molar-refractivity contribution is 0.0695. The van der Waals surface area contributed by atoms with E-state index in [0.29, 0.717) is 0 Å². The number of nitrogens with zero attached hydrogens (tertiary/aromatic N) is 1. The number of halogens is 2. The van der Waals surface area contributed by atoms with E-state index in [1.807, 2.05) is 0 Å². The van der Waals surface area contributed by atoms with Gasteiger partial charge in [-0.15, -0.1) is 11.8 Å². The van der Waals surface area contributed by atoms with Gasteiger partial charge in [0.05, 0.1) is 21.5 Å². The van der Waals surface area contributed by atoms with Crippen LogP contribution in [0.4, 0.5) is 14.5 Å². The molecule has 1 saturated carbocycles. The van der Waals surface area contributed by atoms with E-state index in [0.717, 1.165) is 30.8 Å². The Hall–Kier alpha value is -2.13. The zero-order chi connectivity index (χ0) is 18.5. The van der Waals surface area contributed by atoms with Gasteiger partial charge in [-0.2, -0.15) is 0 Å². The number of aromatic carboxylic acids is 1. The molecule has 5 N–H and O–H groups in total. The van der Waals surface area contributed by atoms with Crippen molar-refractivity contribution in [1.82, 2.24) is 4.57 Å². The first-order valence-corrected chi connectivity index (χ1v) is 8.69. The number of fused-ring (bicyclic) bond motifs is 1. The van der Waals surface area contributed by atoms with Gasteiger partial charge in [0, 0.05) is 24.0 Å². The zero-order valence-corrected chi connectivity index (χ0v) is 14.2. The van der Waals surface area contributed by atoms with Gasteiger partial charge < -0.3 is 21.1 Å². The fourth-order valence-corrected chi connectivity index (χ4v) is 3.57. The van der Waals surface area contributed by atoms with Crippen LogP contribution in [-0.2, 0) is 0 Å². The summed E-state index contributed by atoms with van der Waals surface area (Å²) in [6.07, 6.45) is 2.55. The van der Waals surface area contributed by atoms with E-state index in [4.69, 9.17) is 11.5 Å². The molecule has 0 saturated heterocycles. The Morgan fingerprint density at radius 3 is 2.60 bits per heavy atom. The molecule has 1 fully saturated rings. The Balaban J connectivity index is 2.38. The average molecular weight is 369 g/mol. The second kappa shape index (κ2) is 6.30. The molecule has 1 aromatic carbocycles. The van der Waals surface area contributed by atoms with Gasteiger partial charge in [-0.25, -0.2) is 13.6 Å². The molecule has 1 atom stereocenters. The molecule has 1 heterocycles. The topological polar surface area (TPSA) is 111 Å². The van der Waals surface area contributed by atoms with Crippen molar-refractivity contribution in [1.29, 1.82) is 0 Å². The molecule has 0 radical (unpaired) electrons. The van der Waals surface area contributed by atoms with Crippen molar-refractivity contribution in [3.8, 4) is 0 Å². The van der Waals surface area contributed by atoms with Gasteiger partial charge in [0.2, 0.25) is 5.43 Å². The Morgan fingerprint density at radius 2 is 2.08 bits per heavy atom. The number of benzene rings is 1. The monoisotopic (exact) mass is 369 g/mol. The highest BCUT2D eigenvalue weighted by atomic mass is 32.2. The molecule has 6 nitrogen and oxygen atoms in total. The number of thioether (sulfide) groups is 1. The van der Waals surface area contributed by atoms with Gasteiger partial charge in [-0.3, -0.25) is 4.79 Å². The first kappa shape index (κ1) is 17.7. The van der Waals surface area contributed by atoms with E-state index in [1.165, 1.54) is 4.57 Å². The molecule has 0 bridgehead atoms. The van der Waals surface area contributed by atoms with Crippen LogP contribution in [0.25, 0.3) is 10.9 Å². The Labute approximate surface area is 145 Å². The van der Waals surface area contributed by atoms with Crippen molar-refractivity contribution in [2.75, 3.05) is 11.5 Å². The second-order valence-electron chi connectivity index (χ2n) is 6.20. The summed E-state index contributed by atoms with van der Waals surface area (Å²) in [5.41, 5.74) is 9.17. The van der Waals surface area contributed by atoms with Crippen molar-refractivity contribution < 1.29 is 18.7 Å². The summed E-state index contributed by atoms with van der Waals surface area (Å²) in [6.45, 7) is 1.70. The number of rotatable bonds is 5. The van der Waals surface area contributed by atoms with Gasteiger partial charge in [0.25, 0.3) is 0 Å². The predicted octanol–water partition coefficient (Wildman–Crippen LogP) is 2.33. The highest BCUT2D eigenvalue weighted by Gasteiger charge is 2.31. The summed E-state index contributed by atoms with van der Waals surface area (Å²) in [5.74, 6) is -3.16. The van der Waals surface area contributed by atoms with Gasteiger partial charge in [0.1, 0.15) is 5.56 Å². The van der Waals surface area contributed by atoms with Crippen LogP contribution < -0.4 is 16.9 Å². The molecule has 1 aromatic heterocycles. The molecular weight excluding hydrogens is 352 g/mol. The normalized spacial score (nSPS) is 15.5. The minimum atomic E-state index is -1.46. The third-order valence-corrected chi connectivity index (χ3v) is 5.35. The first-order chi connectivity index (χ1) is 11.7. The smallest absolute Gasteiger partial charge is 0.341 e. The van der Waals surface area contributed by atoms with E-state index in [-0.39, 0.29) is 28.2 Å². The van der Waals surface area contributed by atoms with Crippen molar-refractivity contribution in [3.63, 3.8) is 0 Å². The van der Waals surface area contributed by atoms with E-state index in [2.05, 4.69) is 0 Å². The van der Waals surface area contributed by atoms with Gasteiger partial charge in [0.15, 0.2) is 11.6 Å². The minimum absolute atomic E-state index is 0.133. The van der Waals surface area contributed by atoms with Crippen molar-refractivity contribution in [2.45, 2.75) is 36.7 Å². The fraction of sp³-hybridized carbons (Fsp3) is 0.375. The molecule has 1 aliphatic rings. The van der Waals surface area contributed by atoms with Crippen LogP contribution in [0.1, 0.15) is 36.2 Å². The summed E-state index contributed by atoms with van der Waals surface area (Å²) in [4.78, 5) is 23.5. The van der Waals surface area contributed by atoms with Crippen LogP contribution >= 0.6 is 11.8 Å². The van der Waals surface area contributed by atoms with Gasteiger partial charge >= 0.3 is 5.97 Å². The second-order valence-corrected chi connectivity index (χ2v) is 7.23. The van der Waals surface area contributed by atoms with E-state index in [1.54, 1.807) is 6.92 Å². The number of nitrogen functional groups attached to an aromatic ring is 1. The molecule has 3 rings (SSSR count). The number of carboxylic acid groups (broad SMARTS) is 1. The number of carbonyl (C=O) groups is 1. The Bertz CT molecular complexity index is 939. The SMILES string of the molecule is CC(N)CSc1c(F)c(N)c2c(=O)c(C(=O)O)cn(C3CC3)c2c1F. The summed E-state index contributed by atoms with van der Waals surface area (Å²) < 4.78 is 31.0. The molecule has 2 aromatic rings. The highest BCUT2D eigenvalue weighted by molar-refractivity contribution is 7.99. The van der Waals surface area contributed by atoms with Crippen LogP contribution in [0.2, 0.25) is 0 Å². The molecule has 1 unspecified atom stereocenters. The predicted molar refractivity (Wildman–Crippen MR) is 92.1 cm³/mol. The number of pyridine rings is 1. The maximum Gasteiger partial charge on any atom is 0.341 e. The highest BCUT2D eigenvalue weighted by Crippen LogP contribution is 2.41. The maximum absolute atomic E-state index is 15.1. The molecular formula is C16H17F2N3O3S. The van der Waals surface area contributed by atoms with Crippen LogP contribution in [0.5, 0.6) is 0 Å². The van der Waals surface area contributed by atoms with Crippen molar-refractivity contribution in [2.24, 2.45) is 5.73 Å². The summed E-state index contributed by atoms with van der Waals surface area (Å²) in [6, 6.07) is -0.424. The van der Waals surface area contributed by atoms with E-state index >= 15 is 4.39 Å². The van der Waals surface area contributed by atoms with Gasteiger partial charge in [-0.05, 0) is 19.8 Å². The van der Waals surface area contributed by atoms with Crippen LogP contribution in [-0.4, -0.2) is 27.4 Å². The largest absolute Gasteiger partial charge is 0.477 e. The lowest BCUT2D eigenvalue weighted by Gasteiger charge is -2.17. The summed E-state index contributed by atoms with van der Waals surface area (Å²) in [7, 11) is 0. The molecule has 1 aliphatic carbocycles. The molecule has 0 spiro atoms. The number of carboxylic acids is 1. The number of aromatic nitrogens is 1. The molecule has 0 amide bonds. The minimum Gasteiger partial charge on any atom is -0.477 e. The molecule has 134 valence electrons. The first-order valence-electron chi connectivity index (χ1n) is 7.71. The number of hydrogen-bond donors (Lipinski definition) is 3. The standard InChI is InChI=1S/C16H17F2N3O3S/c1-6(19)5-25-15-10(17)12(20)9-13(11(15)18)21(7-2-3-7)4-8(14(9)22)16(23)24/h4,6-7H,2-3,5,19-20H2,1H3,(H,23,24). The average Bonchev–Trinajstić information content (AvgIpc) is 3.36. The van der Waals surface area contributed by atoms with E-state index in [9.17, 15) is 19.1 Å². The molecule has 0 aliphatic heterocycles. The van der Waals surface area contributed by atoms with E-state index < -0.39 is 39.7 Å². The summed E-state index contributed by atoms with van der Waals surface area (Å²) in [5, 5.41) is 8.80. The summed E-state index contributed by atoms with van der Waals surface area (Å²) >= 11 is 0.881. The van der Waals surface area contributed by atoms with Crippen LogP contribution in [0.3, 0.4) is 0 Å². The van der Waals surface area contributed by atoms with Crippen molar-refractivity contribution >= 4 is 34.3 Å². The maximum atomic E-state index is 15.1. The lowest BCUT2D eigenvalue weighted by Crippen LogP contribution is -2.22. The quantitative estimate of drug-likeness (QED) is 0.551. The third-order valence-electron chi connectivity index (χ3n) is 4.01. The van der Waals surface area contributed by atoms with Crippen LogP contribution in [0.15, 0.2) is 15.9 Å². The number of nitrogens with two attached hydrogens (primary N) is 2. The fourth-order valence-electron chi connectivity index (χ4n) is 2.68. The number of anilines is 1. The lowest BCUT2D eigenvalue weighted by atomic mass is 10.1. The zero-order valence-electron chi connectivity index (χ0n) is 13.4. The third kappa shape index (κ3) is 2.98. The number of hydrogen-bond acceptors (Lipinski definition) is 5. The Kier molecular flexibility index (Phi) is 4.46. The molecule has 9 heteroatoms. The van der Waals surface area contributed by atoms with Crippen LogP contribution in [0, 0.1) is 11.6 Å². The Morgan fingerprint density at radius 1 is 1.44 bits per heavy atom.